The van der Waals surface area contributed by atoms with E-state index in [1.807, 2.05) is 13.8 Å². The van der Waals surface area contributed by atoms with Gasteiger partial charge in [0.05, 0.1) is 11.8 Å². The first kappa shape index (κ1) is 13.9. The van der Waals surface area contributed by atoms with Crippen molar-refractivity contribution in [3.8, 4) is 11.3 Å². The fourth-order valence-corrected chi connectivity index (χ4v) is 2.13. The molecule has 0 saturated heterocycles. The minimum absolute atomic E-state index is 0.270. The Hall–Kier alpha value is -1.56. The maximum absolute atomic E-state index is 13.8. The molecule has 0 amide bonds. The van der Waals surface area contributed by atoms with Crippen LogP contribution in [0.4, 0.5) is 4.39 Å². The summed E-state index contributed by atoms with van der Waals surface area (Å²) in [6, 6.07) is 1.52. The number of pyridine rings is 1. The van der Waals surface area contributed by atoms with Crippen LogP contribution in [0.3, 0.4) is 0 Å². The number of hydrogen-bond donors (Lipinski definition) is 0. The maximum atomic E-state index is 13.8. The van der Waals surface area contributed by atoms with Gasteiger partial charge in [-0.1, -0.05) is 13.8 Å². The van der Waals surface area contributed by atoms with Crippen LogP contribution in [0.1, 0.15) is 24.2 Å². The predicted octanol–water partition coefficient (Wildman–Crippen LogP) is 3.32. The summed E-state index contributed by atoms with van der Waals surface area (Å²) in [6.07, 6.45) is 3.43. The van der Waals surface area contributed by atoms with Crippen LogP contribution in [0.2, 0.25) is 0 Å². The van der Waals surface area contributed by atoms with Gasteiger partial charge in [0.1, 0.15) is 10.3 Å². The molecule has 2 aromatic rings. The van der Waals surface area contributed by atoms with Crippen molar-refractivity contribution in [2.24, 2.45) is 5.92 Å². The van der Waals surface area contributed by atoms with E-state index in [9.17, 15) is 9.18 Å². The molecule has 0 bridgehead atoms. The van der Waals surface area contributed by atoms with Gasteiger partial charge in [0.2, 0.25) is 0 Å². The van der Waals surface area contributed by atoms with E-state index < -0.39 is 5.82 Å². The van der Waals surface area contributed by atoms with E-state index in [0.29, 0.717) is 34.6 Å². The third-order valence-electron chi connectivity index (χ3n) is 2.55. The van der Waals surface area contributed by atoms with E-state index in [1.54, 1.807) is 10.9 Å². The number of carbonyl (C=O) groups excluding carboxylic acids is 1. The standard InChI is InChI=1S/C13H13BrFN3O/c1-8(2)5-18-6-9(7-19)13(17-18)10-3-12(14)16-4-11(10)15/h3-4,6-8H,5H2,1-2H3. The molecule has 0 aliphatic carbocycles. The van der Waals surface area contributed by atoms with Gasteiger partial charge in [0, 0.05) is 18.3 Å². The summed E-state index contributed by atoms with van der Waals surface area (Å²) in [4.78, 5) is 14.9. The Morgan fingerprint density at radius 1 is 1.53 bits per heavy atom. The number of halogens is 2. The molecule has 0 aliphatic heterocycles. The fourth-order valence-electron chi connectivity index (χ4n) is 1.79. The molecule has 0 spiro atoms. The highest BCUT2D eigenvalue weighted by molar-refractivity contribution is 9.10. The molecule has 6 heteroatoms. The second-order valence-electron chi connectivity index (χ2n) is 4.65. The van der Waals surface area contributed by atoms with Crippen LogP contribution in [0, 0.1) is 11.7 Å². The minimum Gasteiger partial charge on any atom is -0.298 e. The number of hydrogen-bond acceptors (Lipinski definition) is 3. The lowest BCUT2D eigenvalue weighted by Crippen LogP contribution is -2.04. The Morgan fingerprint density at radius 2 is 2.26 bits per heavy atom. The van der Waals surface area contributed by atoms with Crippen LogP contribution >= 0.6 is 15.9 Å². The first-order valence-electron chi connectivity index (χ1n) is 5.85. The SMILES string of the molecule is CC(C)Cn1cc(C=O)c(-c2cc(Br)ncc2F)n1. The van der Waals surface area contributed by atoms with E-state index in [4.69, 9.17) is 0 Å². The number of aldehydes is 1. The van der Waals surface area contributed by atoms with Crippen LogP contribution in [-0.2, 0) is 6.54 Å². The Morgan fingerprint density at radius 3 is 2.89 bits per heavy atom. The molecule has 2 aromatic heterocycles. The Labute approximate surface area is 118 Å². The molecule has 0 N–H and O–H groups in total. The second kappa shape index (κ2) is 5.61. The Bertz CT molecular complexity index is 610. The summed E-state index contributed by atoms with van der Waals surface area (Å²) in [5.41, 5.74) is 0.986. The first-order valence-corrected chi connectivity index (χ1v) is 6.64. The molecule has 0 radical (unpaired) electrons. The molecule has 4 nitrogen and oxygen atoms in total. The highest BCUT2D eigenvalue weighted by Gasteiger charge is 2.15. The third-order valence-corrected chi connectivity index (χ3v) is 2.98. The molecule has 0 aromatic carbocycles. The lowest BCUT2D eigenvalue weighted by molar-refractivity contribution is 0.112. The van der Waals surface area contributed by atoms with E-state index in [1.165, 1.54) is 6.07 Å². The molecule has 0 fully saturated rings. The van der Waals surface area contributed by atoms with Gasteiger partial charge in [-0.15, -0.1) is 0 Å². The van der Waals surface area contributed by atoms with Gasteiger partial charge in [-0.2, -0.15) is 5.10 Å². The molecule has 0 saturated carbocycles. The van der Waals surface area contributed by atoms with Crippen LogP contribution < -0.4 is 0 Å². The Balaban J connectivity index is 2.51. The van der Waals surface area contributed by atoms with E-state index in [2.05, 4.69) is 26.0 Å². The minimum atomic E-state index is -0.499. The van der Waals surface area contributed by atoms with E-state index >= 15 is 0 Å². The van der Waals surface area contributed by atoms with Crippen molar-refractivity contribution < 1.29 is 9.18 Å². The van der Waals surface area contributed by atoms with Gasteiger partial charge in [-0.3, -0.25) is 9.48 Å². The normalized spacial score (nSPS) is 11.0. The zero-order valence-electron chi connectivity index (χ0n) is 10.6. The lowest BCUT2D eigenvalue weighted by Gasteiger charge is -2.04. The van der Waals surface area contributed by atoms with Gasteiger partial charge in [-0.25, -0.2) is 9.37 Å². The van der Waals surface area contributed by atoms with Gasteiger partial charge >= 0.3 is 0 Å². The predicted molar refractivity (Wildman–Crippen MR) is 73.3 cm³/mol. The molecule has 0 atom stereocenters. The molecular weight excluding hydrogens is 313 g/mol. The van der Waals surface area contributed by atoms with Crippen LogP contribution in [0.15, 0.2) is 23.1 Å². The van der Waals surface area contributed by atoms with Crippen molar-refractivity contribution in [2.75, 3.05) is 0 Å². The van der Waals surface area contributed by atoms with Crippen molar-refractivity contribution >= 4 is 22.2 Å². The average Bonchev–Trinajstić information content (AvgIpc) is 2.74. The molecule has 19 heavy (non-hydrogen) atoms. The third kappa shape index (κ3) is 3.07. The topological polar surface area (TPSA) is 47.8 Å². The number of aromatic nitrogens is 3. The van der Waals surface area contributed by atoms with Crippen molar-refractivity contribution in [2.45, 2.75) is 20.4 Å². The van der Waals surface area contributed by atoms with Crippen LogP contribution in [-0.4, -0.2) is 21.1 Å². The van der Waals surface area contributed by atoms with Crippen molar-refractivity contribution in [1.82, 2.24) is 14.8 Å². The number of nitrogens with zero attached hydrogens (tertiary/aromatic N) is 3. The van der Waals surface area contributed by atoms with Crippen molar-refractivity contribution in [3.05, 3.63) is 34.4 Å². The van der Waals surface area contributed by atoms with E-state index in [-0.39, 0.29) is 5.56 Å². The van der Waals surface area contributed by atoms with Gasteiger partial charge in [-0.05, 0) is 27.9 Å². The molecular formula is C13H13BrFN3O. The largest absolute Gasteiger partial charge is 0.298 e. The zero-order valence-corrected chi connectivity index (χ0v) is 12.2. The first-order chi connectivity index (χ1) is 9.01. The fraction of sp³-hybridized carbons (Fsp3) is 0.308. The average molecular weight is 326 g/mol. The highest BCUT2D eigenvalue weighted by atomic mass is 79.9. The number of rotatable bonds is 4. The van der Waals surface area contributed by atoms with Crippen LogP contribution in [0.5, 0.6) is 0 Å². The zero-order chi connectivity index (χ0) is 14.0. The second-order valence-corrected chi connectivity index (χ2v) is 5.47. The molecule has 100 valence electrons. The summed E-state index contributed by atoms with van der Waals surface area (Å²) in [5, 5.41) is 4.29. The van der Waals surface area contributed by atoms with Crippen LogP contribution in [0.25, 0.3) is 11.3 Å². The summed E-state index contributed by atoms with van der Waals surface area (Å²) in [7, 11) is 0. The van der Waals surface area contributed by atoms with E-state index in [0.717, 1.165) is 6.20 Å². The Kier molecular flexibility index (Phi) is 4.09. The monoisotopic (exact) mass is 325 g/mol. The molecule has 0 aliphatic rings. The van der Waals surface area contributed by atoms with Crippen molar-refractivity contribution in [1.29, 1.82) is 0 Å². The quantitative estimate of drug-likeness (QED) is 0.640. The summed E-state index contributed by atoms with van der Waals surface area (Å²) in [6.45, 7) is 4.77. The lowest BCUT2D eigenvalue weighted by atomic mass is 10.1. The molecule has 2 rings (SSSR count). The molecule has 2 heterocycles. The summed E-state index contributed by atoms with van der Waals surface area (Å²) >= 11 is 3.19. The smallest absolute Gasteiger partial charge is 0.153 e. The van der Waals surface area contributed by atoms with Crippen molar-refractivity contribution in [3.63, 3.8) is 0 Å². The summed E-state index contributed by atoms with van der Waals surface area (Å²) in [5.74, 6) is -0.109. The van der Waals surface area contributed by atoms with Gasteiger partial charge in [0.15, 0.2) is 12.1 Å². The highest BCUT2D eigenvalue weighted by Crippen LogP contribution is 2.26. The number of carbonyl (C=O) groups is 1. The van der Waals surface area contributed by atoms with Gasteiger partial charge in [0.25, 0.3) is 0 Å². The van der Waals surface area contributed by atoms with Gasteiger partial charge < -0.3 is 0 Å². The maximum Gasteiger partial charge on any atom is 0.153 e. The molecule has 0 unspecified atom stereocenters. The summed E-state index contributed by atoms with van der Waals surface area (Å²) < 4.78 is 16.0.